The van der Waals surface area contributed by atoms with Crippen molar-refractivity contribution in [1.29, 1.82) is 0 Å². The molecule has 1 aliphatic heterocycles. The van der Waals surface area contributed by atoms with E-state index >= 15 is 0 Å². The van der Waals surface area contributed by atoms with Crippen LogP contribution in [0.3, 0.4) is 0 Å². The number of hydrogen-bond donors (Lipinski definition) is 1. The highest BCUT2D eigenvalue weighted by molar-refractivity contribution is 7.97. The number of sulfonamides is 1. The summed E-state index contributed by atoms with van der Waals surface area (Å²) in [5.74, 6) is -0.514. The van der Waals surface area contributed by atoms with E-state index in [4.69, 9.17) is 11.6 Å². The number of allylic oxidation sites excluding steroid dienone is 1. The Morgan fingerprint density at radius 3 is 2.29 bits per heavy atom. The molecule has 0 bridgehead atoms. The number of nitrogens with zero attached hydrogens (tertiary/aromatic N) is 1. The van der Waals surface area contributed by atoms with Gasteiger partial charge >= 0.3 is 0 Å². The van der Waals surface area contributed by atoms with Crippen LogP contribution in [0.5, 0.6) is 0 Å². The van der Waals surface area contributed by atoms with Gasteiger partial charge in [-0.25, -0.2) is 8.42 Å². The summed E-state index contributed by atoms with van der Waals surface area (Å²) in [6.07, 6.45) is 1.31. The number of anilines is 1. The maximum atomic E-state index is 13.4. The average Bonchev–Trinajstić information content (AvgIpc) is 2.76. The topological polar surface area (TPSA) is 66.5 Å². The van der Waals surface area contributed by atoms with E-state index in [1.165, 1.54) is 10.5 Å². The lowest BCUT2D eigenvalue weighted by Gasteiger charge is -2.31. The predicted molar refractivity (Wildman–Crippen MR) is 123 cm³/mol. The largest absolute Gasteiger partial charge is 0.386 e. The Hall–Kier alpha value is -3.09. The van der Waals surface area contributed by atoms with Gasteiger partial charge in [-0.2, -0.15) is 0 Å². The summed E-state index contributed by atoms with van der Waals surface area (Å²) in [6, 6.07) is 21.6. The molecular weight excluding hydrogens is 432 g/mol. The summed E-state index contributed by atoms with van der Waals surface area (Å²) in [5.41, 5.74) is 3.63. The van der Waals surface area contributed by atoms with E-state index in [2.05, 4.69) is 5.32 Å². The SMILES string of the molecule is Cc1ccc(CNC=C2C(=O)c3ccccc3N(Cc3ccc(Cl)cc3)S2(=O)=O)cc1. The third kappa shape index (κ3) is 4.36. The van der Waals surface area contributed by atoms with Gasteiger partial charge in [0, 0.05) is 23.3 Å². The standard InChI is InChI=1S/C24H21ClN2O3S/c1-17-6-8-18(9-7-17)14-26-15-23-24(28)21-4-2-3-5-22(21)27(31(23,29)30)16-19-10-12-20(25)13-11-19/h2-13,15,26H,14,16H2,1H3. The van der Waals surface area contributed by atoms with Crippen LogP contribution >= 0.6 is 11.6 Å². The maximum absolute atomic E-state index is 13.4. The summed E-state index contributed by atoms with van der Waals surface area (Å²) >= 11 is 5.96. The monoisotopic (exact) mass is 452 g/mol. The van der Waals surface area contributed by atoms with Gasteiger partial charge in [0.25, 0.3) is 10.0 Å². The fourth-order valence-corrected chi connectivity index (χ4v) is 5.09. The number of halogens is 1. The average molecular weight is 453 g/mol. The molecule has 0 aliphatic carbocycles. The van der Waals surface area contributed by atoms with Gasteiger partial charge in [-0.3, -0.25) is 9.10 Å². The second-order valence-electron chi connectivity index (χ2n) is 7.36. The number of aryl methyl sites for hydroxylation is 1. The van der Waals surface area contributed by atoms with Crippen LogP contribution < -0.4 is 9.62 Å². The molecule has 0 spiro atoms. The number of nitrogens with one attached hydrogen (secondary N) is 1. The zero-order chi connectivity index (χ0) is 22.0. The highest BCUT2D eigenvalue weighted by Gasteiger charge is 2.39. The number of rotatable bonds is 5. The molecule has 0 unspecified atom stereocenters. The van der Waals surface area contributed by atoms with Crippen molar-refractivity contribution in [3.05, 3.63) is 111 Å². The van der Waals surface area contributed by atoms with Crippen molar-refractivity contribution in [3.8, 4) is 0 Å². The minimum Gasteiger partial charge on any atom is -0.386 e. The highest BCUT2D eigenvalue weighted by Crippen LogP contribution is 2.36. The Balaban J connectivity index is 1.68. The second-order valence-corrected chi connectivity index (χ2v) is 9.63. The minimum atomic E-state index is -4.05. The Bertz CT molecular complexity index is 1250. The fraction of sp³-hybridized carbons (Fsp3) is 0.125. The second kappa shape index (κ2) is 8.57. The summed E-state index contributed by atoms with van der Waals surface area (Å²) < 4.78 is 28.1. The molecule has 7 heteroatoms. The molecule has 0 saturated carbocycles. The number of para-hydroxylation sites is 1. The van der Waals surface area contributed by atoms with E-state index in [-0.39, 0.29) is 11.4 Å². The third-order valence-corrected chi connectivity index (χ3v) is 7.13. The molecule has 0 amide bonds. The minimum absolute atomic E-state index is 0.0963. The van der Waals surface area contributed by atoms with Crippen molar-refractivity contribution in [2.45, 2.75) is 20.0 Å². The van der Waals surface area contributed by atoms with Crippen LogP contribution in [-0.4, -0.2) is 14.2 Å². The molecule has 3 aromatic carbocycles. The molecule has 0 atom stereocenters. The van der Waals surface area contributed by atoms with Crippen molar-refractivity contribution in [1.82, 2.24) is 5.32 Å². The number of Topliss-reactive ketones (excluding diaryl/α,β-unsaturated/α-hetero) is 1. The van der Waals surface area contributed by atoms with E-state index in [1.807, 2.05) is 31.2 Å². The van der Waals surface area contributed by atoms with Crippen LogP contribution in [0.4, 0.5) is 5.69 Å². The molecular formula is C24H21ClN2O3S. The van der Waals surface area contributed by atoms with Crippen LogP contribution in [0.15, 0.2) is 83.9 Å². The number of benzene rings is 3. The first-order valence-corrected chi connectivity index (χ1v) is 11.6. The van der Waals surface area contributed by atoms with Crippen LogP contribution in [-0.2, 0) is 23.1 Å². The lowest BCUT2D eigenvalue weighted by atomic mass is 10.1. The van der Waals surface area contributed by atoms with Crippen LogP contribution in [0.1, 0.15) is 27.0 Å². The molecule has 31 heavy (non-hydrogen) atoms. The highest BCUT2D eigenvalue weighted by atomic mass is 35.5. The van der Waals surface area contributed by atoms with E-state index in [0.29, 0.717) is 22.8 Å². The Morgan fingerprint density at radius 2 is 1.58 bits per heavy atom. The molecule has 4 rings (SSSR count). The van der Waals surface area contributed by atoms with E-state index in [9.17, 15) is 13.2 Å². The Morgan fingerprint density at radius 1 is 0.935 bits per heavy atom. The van der Waals surface area contributed by atoms with Crippen LogP contribution in [0.25, 0.3) is 0 Å². The van der Waals surface area contributed by atoms with Gasteiger partial charge in [0.05, 0.1) is 12.2 Å². The lowest BCUT2D eigenvalue weighted by molar-refractivity contribution is 0.104. The molecule has 0 fully saturated rings. The van der Waals surface area contributed by atoms with Crippen molar-refractivity contribution in [3.63, 3.8) is 0 Å². The zero-order valence-corrected chi connectivity index (χ0v) is 18.5. The molecule has 1 aliphatic rings. The normalized spacial score (nSPS) is 16.3. The van der Waals surface area contributed by atoms with Crippen LogP contribution in [0, 0.1) is 6.92 Å². The van der Waals surface area contributed by atoms with E-state index in [1.54, 1.807) is 48.5 Å². The summed E-state index contributed by atoms with van der Waals surface area (Å²) in [4.78, 5) is 12.8. The van der Waals surface area contributed by atoms with E-state index < -0.39 is 15.8 Å². The first kappa shape index (κ1) is 21.2. The van der Waals surface area contributed by atoms with Crippen molar-refractivity contribution >= 4 is 33.1 Å². The van der Waals surface area contributed by atoms with Gasteiger partial charge in [-0.1, -0.05) is 65.7 Å². The molecule has 5 nitrogen and oxygen atoms in total. The van der Waals surface area contributed by atoms with E-state index in [0.717, 1.165) is 16.7 Å². The summed E-state index contributed by atoms with van der Waals surface area (Å²) in [5, 5.41) is 3.56. The first-order chi connectivity index (χ1) is 14.9. The maximum Gasteiger partial charge on any atom is 0.270 e. The fourth-order valence-electron chi connectivity index (χ4n) is 3.41. The molecule has 0 saturated heterocycles. The zero-order valence-electron chi connectivity index (χ0n) is 16.9. The molecule has 0 radical (unpaired) electrons. The predicted octanol–water partition coefficient (Wildman–Crippen LogP) is 4.81. The van der Waals surface area contributed by atoms with Crippen molar-refractivity contribution in [2.75, 3.05) is 4.31 Å². The van der Waals surface area contributed by atoms with Gasteiger partial charge in [0.1, 0.15) is 0 Å². The van der Waals surface area contributed by atoms with Gasteiger partial charge < -0.3 is 5.32 Å². The quantitative estimate of drug-likeness (QED) is 0.564. The number of carbonyl (C=O) groups excluding carboxylic acids is 1. The molecule has 1 heterocycles. The van der Waals surface area contributed by atoms with Crippen LogP contribution in [0.2, 0.25) is 5.02 Å². The number of hydrogen-bond acceptors (Lipinski definition) is 4. The Kier molecular flexibility index (Phi) is 5.85. The summed E-state index contributed by atoms with van der Waals surface area (Å²) in [6.45, 7) is 2.50. The molecule has 3 aromatic rings. The van der Waals surface area contributed by atoms with Gasteiger partial charge in [0.15, 0.2) is 4.91 Å². The number of carbonyl (C=O) groups is 1. The Labute approximate surface area is 187 Å². The van der Waals surface area contributed by atoms with Gasteiger partial charge in [-0.15, -0.1) is 0 Å². The molecule has 1 N–H and O–H groups in total. The van der Waals surface area contributed by atoms with Crippen molar-refractivity contribution < 1.29 is 13.2 Å². The molecule has 158 valence electrons. The smallest absolute Gasteiger partial charge is 0.270 e. The first-order valence-electron chi connectivity index (χ1n) is 9.76. The molecule has 0 aromatic heterocycles. The van der Waals surface area contributed by atoms with Gasteiger partial charge in [-0.05, 0) is 42.3 Å². The lowest BCUT2D eigenvalue weighted by Crippen LogP contribution is -2.39. The van der Waals surface area contributed by atoms with Gasteiger partial charge in [0.2, 0.25) is 5.78 Å². The summed E-state index contributed by atoms with van der Waals surface area (Å²) in [7, 11) is -4.05. The van der Waals surface area contributed by atoms with Crippen molar-refractivity contribution in [2.24, 2.45) is 0 Å². The number of ketones is 1. The third-order valence-electron chi connectivity index (χ3n) is 5.11. The number of fused-ring (bicyclic) bond motifs is 1.